The van der Waals surface area contributed by atoms with E-state index in [9.17, 15) is 47.9 Å². The molecule has 22 nitrogen and oxygen atoms in total. The number of hydrogen-bond acceptors (Lipinski definition) is 19. The summed E-state index contributed by atoms with van der Waals surface area (Å²) in [6, 6.07) is 110. The van der Waals surface area contributed by atoms with E-state index in [1.807, 2.05) is 212 Å². The maximum atomic E-state index is 14.3. The molecule has 0 spiro atoms. The van der Waals surface area contributed by atoms with Gasteiger partial charge in [0.1, 0.15) is 112 Å². The monoisotopic (exact) mass is 2040 g/mol. The predicted octanol–water partition coefficient (Wildman–Crippen LogP) is 11.1. The summed E-state index contributed by atoms with van der Waals surface area (Å²) < 4.78 is 33.1. The summed E-state index contributed by atoms with van der Waals surface area (Å²) >= 11 is 10.7. The molecule has 6 heterocycles. The number of nitrogens with zero attached hydrogens (tertiary/aromatic N) is 3. The summed E-state index contributed by atoms with van der Waals surface area (Å²) in [5.74, 6) is 2.43. The van der Waals surface area contributed by atoms with Gasteiger partial charge in [0.25, 0.3) is 17.7 Å². The number of rotatable bonds is 31. The summed E-state index contributed by atoms with van der Waals surface area (Å²) in [7, 11) is 0.513. The Labute approximate surface area is 884 Å². The Balaban J connectivity index is 0.000000167. The van der Waals surface area contributed by atoms with Crippen molar-refractivity contribution in [3.8, 4) is 17.2 Å². The van der Waals surface area contributed by atoms with E-state index in [2.05, 4.69) is 131 Å². The van der Waals surface area contributed by atoms with Crippen molar-refractivity contribution in [1.29, 1.82) is 0 Å². The number of halogens is 1. The van der Waals surface area contributed by atoms with Crippen molar-refractivity contribution in [2.75, 3.05) is 50.6 Å². The van der Waals surface area contributed by atoms with Crippen LogP contribution in [0.15, 0.2) is 380 Å². The molecule has 0 aliphatic carbocycles. The molecule has 0 saturated carbocycles. The molecule has 3 fully saturated rings. The van der Waals surface area contributed by atoms with Crippen molar-refractivity contribution in [3.63, 3.8) is 0 Å². The molecule has 12 aromatic rings. The first-order valence-corrected chi connectivity index (χ1v) is 56.5. The second-order valence-corrected chi connectivity index (χ2v) is 49.0. The van der Waals surface area contributed by atoms with Gasteiger partial charge >= 0.3 is 69.3 Å². The average molecular weight is 2040 g/mol. The number of hydrogen-bond donors (Lipinski definition) is 3. The van der Waals surface area contributed by atoms with Gasteiger partial charge in [-0.3, -0.25) is 43.5 Å². The van der Waals surface area contributed by atoms with Crippen LogP contribution in [0.5, 0.6) is 17.2 Å². The van der Waals surface area contributed by atoms with Gasteiger partial charge in [0.2, 0.25) is 17.7 Å². The molecule has 141 heavy (non-hydrogen) atoms. The fraction of sp³-hybridized carbons (Fsp3) is 0.207. The van der Waals surface area contributed by atoms with Crippen LogP contribution in [-0.2, 0) is 96.4 Å². The van der Waals surface area contributed by atoms with Gasteiger partial charge in [-0.2, -0.15) is 0 Å². The number of benzene rings is 12. The van der Waals surface area contributed by atoms with Crippen molar-refractivity contribution in [3.05, 3.63) is 413 Å². The molecule has 12 aromatic carbocycles. The zero-order valence-corrected chi connectivity index (χ0v) is 88.2. The Bertz CT molecular complexity index is 6340. The molecule has 716 valence electrons. The molecule has 3 N–H and O–H groups in total. The molecule has 0 bridgehead atoms. The molecular weight excluding hydrogens is 1930 g/mol. The maximum Gasteiger partial charge on any atom is 1.00 e. The van der Waals surface area contributed by atoms with E-state index in [4.69, 9.17) is 40.0 Å². The summed E-state index contributed by atoms with van der Waals surface area (Å²) in [6.07, 6.45) is 1.04. The molecule has 6 amide bonds. The average Bonchev–Trinajstić information content (AvgIpc) is 0.718. The Morgan fingerprint density at radius 2 is 0.631 bits per heavy atom. The van der Waals surface area contributed by atoms with Crippen LogP contribution < -0.4 is 118 Å². The summed E-state index contributed by atoms with van der Waals surface area (Å²) in [5, 5.41) is 14.3. The third-order valence-corrected chi connectivity index (χ3v) is 36.6. The smallest absolute Gasteiger partial charge is 0.859 e. The van der Waals surface area contributed by atoms with Crippen LogP contribution in [0.2, 0.25) is 19.6 Å². The van der Waals surface area contributed by atoms with E-state index < -0.39 is 69.2 Å². The van der Waals surface area contributed by atoms with Gasteiger partial charge in [0.05, 0.1) is 46.8 Å². The molecule has 6 unspecified atom stereocenters. The summed E-state index contributed by atoms with van der Waals surface area (Å²) in [5.41, 5.74) is 7.86. The Kier molecular flexibility index (Phi) is 37.2. The summed E-state index contributed by atoms with van der Waals surface area (Å²) in [4.78, 5) is 136. The fourth-order valence-corrected chi connectivity index (χ4v) is 30.0. The van der Waals surface area contributed by atoms with Gasteiger partial charge < -0.3 is 49.2 Å². The minimum absolute atomic E-state index is 0. The van der Waals surface area contributed by atoms with E-state index in [-0.39, 0.29) is 154 Å². The van der Waals surface area contributed by atoms with Gasteiger partial charge in [0.15, 0.2) is 0 Å². The number of alkyl halides is 1. The number of carbonyl (C=O) groups excluding carboxylic acids is 9. The SMILES string of the molecule is COc1ccc(COC(=O)C2=C(C=P(c3ccccc3)(c3ccccc3)c3ccccc3)CSC3C(NC(=O)Cc4ccccc4)C(=O)N23)cc1.COc1ccc(COC(=O)C2=C(CCl)CSC3C(NC(=O)Cc4ccccc4)C(=O)N23)cc1.COc1ccc(COC(=O)C2=C(C[P+](c3ccccc3)(c3ccccc3)c3ccccc3)CSC3C(NC(=O)Cc4ccccc4)C(=O)N23)cc1.C[Si](C)(C)[O-].[K+]. The molecule has 6 aliphatic rings. The zero-order chi connectivity index (χ0) is 98.3. The first-order valence-electron chi connectivity index (χ1n) is 45.6. The number of β-lactam (4-membered cyclic amide) rings is 3. The first kappa shape index (κ1) is 105. The number of fused-ring (bicyclic) bond motifs is 3. The number of amides is 6. The summed E-state index contributed by atoms with van der Waals surface area (Å²) in [6.45, 7) is 2.89. The van der Waals surface area contributed by atoms with Crippen LogP contribution in [0, 0.1) is 0 Å². The third kappa shape index (κ3) is 25.7. The fourth-order valence-electron chi connectivity index (χ4n) is 17.1. The normalized spacial score (nSPS) is 17.2. The standard InChI is InChI=1S/2C42H37N2O5PS.C24H23ClN2O5S.C3H9OSi.K/c2*1-48-33-24-22-31(23-25-33)27-49-42(47)39-32(29-51-41-38(40(46)44(39)41)43-37(45)26-30-14-6-2-7-15-30)28-50(34-16-8-3-9-17-34,35-18-10-4-11-19-35)36-20-12-5-13-21-36;1-31-18-9-7-16(8-10-18)13-32-24(30)21-17(12-25)14-33-23-20(22(29)27(21)23)26-19(28)11-15-5-3-2-4-6-15;1-5(2,3)4;/h2-25,38,41H,26-29H2,1H3;2-25,28,38,41H,26-27,29H2,1H3,(H,43,45);2-10,20,23H,11-14H2,1H3,(H,26,28);1-3H3;/q;;;-1;+1/p+1. The number of methoxy groups -OCH3 is 3. The largest absolute Gasteiger partial charge is 1.00 e. The Hall–Kier alpha value is -11.6. The quantitative estimate of drug-likeness (QED) is 0.00909. The minimum Gasteiger partial charge on any atom is -0.859 e. The topological polar surface area (TPSA) is 278 Å². The van der Waals surface area contributed by atoms with E-state index in [1.165, 1.54) is 37.5 Å². The third-order valence-electron chi connectivity index (χ3n) is 23.9. The molecule has 3 saturated heterocycles. The molecule has 0 radical (unpaired) electrons. The second kappa shape index (κ2) is 49.9. The van der Waals surface area contributed by atoms with Crippen molar-refractivity contribution in [2.24, 2.45) is 0 Å². The Morgan fingerprint density at radius 3 is 0.922 bits per heavy atom. The van der Waals surface area contributed by atoms with E-state index >= 15 is 0 Å². The van der Waals surface area contributed by atoms with E-state index in [0.29, 0.717) is 46.2 Å². The molecule has 6 aliphatic heterocycles. The maximum absolute atomic E-state index is 14.3. The van der Waals surface area contributed by atoms with Crippen LogP contribution in [0.4, 0.5) is 0 Å². The van der Waals surface area contributed by atoms with Crippen LogP contribution in [0.3, 0.4) is 0 Å². The molecule has 6 atom stereocenters. The Morgan fingerprint density at radius 1 is 0.376 bits per heavy atom. The number of nitrogens with one attached hydrogen (secondary N) is 3. The first-order chi connectivity index (χ1) is 68.0. The van der Waals surface area contributed by atoms with Gasteiger partial charge in [-0.05, 0) is 146 Å². The number of ether oxygens (including phenoxy) is 6. The number of esters is 3. The van der Waals surface area contributed by atoms with Gasteiger partial charge in [-0.15, -0.1) is 46.9 Å². The van der Waals surface area contributed by atoms with E-state index in [1.54, 1.807) is 93.7 Å². The van der Waals surface area contributed by atoms with Crippen molar-refractivity contribution < 1.29 is 128 Å². The van der Waals surface area contributed by atoms with Crippen LogP contribution in [0.25, 0.3) is 0 Å². The van der Waals surface area contributed by atoms with Crippen LogP contribution in [0.1, 0.15) is 33.4 Å². The van der Waals surface area contributed by atoms with Crippen LogP contribution in [-0.4, -0.2) is 167 Å². The second-order valence-electron chi connectivity index (χ2n) is 34.5. The van der Waals surface area contributed by atoms with Crippen molar-refractivity contribution in [2.45, 2.75) is 93.0 Å². The molecule has 18 rings (SSSR count). The minimum atomic E-state index is -2.53. The van der Waals surface area contributed by atoms with Gasteiger partial charge in [-0.25, -0.2) is 14.4 Å². The van der Waals surface area contributed by atoms with Gasteiger partial charge in [-0.1, -0.05) is 301 Å². The predicted molar refractivity (Wildman–Crippen MR) is 560 cm³/mol. The molecule has 0 aromatic heterocycles. The zero-order valence-electron chi connectivity index (χ0n) is 79.1. The number of thioether (sulfide) groups is 3. The number of carbonyl (C=O) groups is 9. The van der Waals surface area contributed by atoms with Crippen molar-refractivity contribution >= 4 is 160 Å². The van der Waals surface area contributed by atoms with Crippen LogP contribution >= 0.6 is 61.0 Å². The van der Waals surface area contributed by atoms with Crippen molar-refractivity contribution in [1.82, 2.24) is 30.7 Å². The van der Waals surface area contributed by atoms with Gasteiger partial charge in [0, 0.05) is 28.7 Å². The molecular formula is C111H107ClKN6O16P2S3Si+. The molecule has 30 heteroatoms. The van der Waals surface area contributed by atoms with E-state index in [0.717, 1.165) is 60.4 Å².